The molecule has 3 rings (SSSR count). The fraction of sp³-hybridized carbons (Fsp3) is 0.714. The van der Waals surface area contributed by atoms with Crippen LogP contribution in [0.4, 0.5) is 0 Å². The molecule has 17 heavy (non-hydrogen) atoms. The van der Waals surface area contributed by atoms with Gasteiger partial charge in [-0.05, 0) is 68.1 Å². The Bertz CT molecular complexity index is 335. The van der Waals surface area contributed by atoms with Gasteiger partial charge in [-0.1, -0.05) is 0 Å². The minimum Gasteiger partial charge on any atom is -0.314 e. The van der Waals surface area contributed by atoms with Crippen LogP contribution in [-0.4, -0.2) is 36.6 Å². The average Bonchev–Trinajstić information content (AvgIpc) is 2.87. The summed E-state index contributed by atoms with van der Waals surface area (Å²) in [7, 11) is 2.31. The van der Waals surface area contributed by atoms with E-state index in [1.165, 1.54) is 37.7 Å². The Hall–Kier alpha value is -0.380. The van der Waals surface area contributed by atoms with E-state index in [2.05, 4.69) is 34.1 Å². The summed E-state index contributed by atoms with van der Waals surface area (Å²) in [6.45, 7) is 1.14. The van der Waals surface area contributed by atoms with Gasteiger partial charge in [0, 0.05) is 18.1 Å². The van der Waals surface area contributed by atoms with Crippen molar-refractivity contribution >= 4 is 11.3 Å². The second kappa shape index (κ2) is 5.09. The van der Waals surface area contributed by atoms with Crippen molar-refractivity contribution < 1.29 is 0 Å². The van der Waals surface area contributed by atoms with Crippen LogP contribution in [0.3, 0.4) is 0 Å². The number of thiophene rings is 1. The molecule has 1 N–H and O–H groups in total. The minimum atomic E-state index is 0.766. The van der Waals surface area contributed by atoms with Gasteiger partial charge in [0.05, 0.1) is 0 Å². The maximum Gasteiger partial charge on any atom is 0.0111 e. The Morgan fingerprint density at radius 3 is 2.76 bits per heavy atom. The van der Waals surface area contributed by atoms with Crippen LogP contribution < -0.4 is 5.32 Å². The third-order valence-corrected chi connectivity index (χ3v) is 5.26. The predicted octanol–water partition coefficient (Wildman–Crippen LogP) is 2.51. The SMILES string of the molecule is CN1C2CCC1CC(NCCc1ccsc1)C2. The van der Waals surface area contributed by atoms with Crippen molar-refractivity contribution in [2.45, 2.75) is 50.2 Å². The third-order valence-electron chi connectivity index (χ3n) is 4.53. The van der Waals surface area contributed by atoms with Crippen molar-refractivity contribution in [3.63, 3.8) is 0 Å². The van der Waals surface area contributed by atoms with Crippen LogP contribution in [0.1, 0.15) is 31.2 Å². The van der Waals surface area contributed by atoms with Gasteiger partial charge in [0.2, 0.25) is 0 Å². The molecule has 1 aromatic heterocycles. The minimum absolute atomic E-state index is 0.766. The van der Waals surface area contributed by atoms with E-state index in [4.69, 9.17) is 0 Å². The van der Waals surface area contributed by atoms with E-state index in [1.807, 2.05) is 0 Å². The van der Waals surface area contributed by atoms with Gasteiger partial charge in [-0.3, -0.25) is 0 Å². The molecule has 0 aliphatic carbocycles. The number of piperidine rings is 1. The molecular formula is C14H22N2S. The summed E-state index contributed by atoms with van der Waals surface area (Å²) in [6, 6.07) is 4.71. The Morgan fingerprint density at radius 1 is 1.35 bits per heavy atom. The van der Waals surface area contributed by atoms with Crippen LogP contribution in [0.2, 0.25) is 0 Å². The van der Waals surface area contributed by atoms with Crippen LogP contribution in [0.5, 0.6) is 0 Å². The van der Waals surface area contributed by atoms with E-state index in [-0.39, 0.29) is 0 Å². The second-order valence-electron chi connectivity index (χ2n) is 5.55. The van der Waals surface area contributed by atoms with Gasteiger partial charge in [0.25, 0.3) is 0 Å². The zero-order chi connectivity index (χ0) is 11.7. The molecule has 2 nitrogen and oxygen atoms in total. The highest BCUT2D eigenvalue weighted by Gasteiger charge is 2.37. The summed E-state index contributed by atoms with van der Waals surface area (Å²) in [5.41, 5.74) is 1.48. The summed E-state index contributed by atoms with van der Waals surface area (Å²) < 4.78 is 0. The lowest BCUT2D eigenvalue weighted by Gasteiger charge is -2.36. The molecule has 94 valence electrons. The number of hydrogen-bond donors (Lipinski definition) is 1. The first-order chi connectivity index (χ1) is 8.33. The molecule has 0 aromatic carbocycles. The Kier molecular flexibility index (Phi) is 3.50. The normalized spacial score (nSPS) is 33.1. The molecule has 0 radical (unpaired) electrons. The summed E-state index contributed by atoms with van der Waals surface area (Å²) in [4.78, 5) is 2.61. The Balaban J connectivity index is 1.44. The highest BCUT2D eigenvalue weighted by Crippen LogP contribution is 2.34. The molecule has 2 fully saturated rings. The number of hydrogen-bond acceptors (Lipinski definition) is 3. The first kappa shape index (κ1) is 11.7. The van der Waals surface area contributed by atoms with Crippen molar-refractivity contribution in [2.75, 3.05) is 13.6 Å². The predicted molar refractivity (Wildman–Crippen MR) is 73.6 cm³/mol. The van der Waals surface area contributed by atoms with Gasteiger partial charge in [-0.2, -0.15) is 11.3 Å². The second-order valence-corrected chi connectivity index (χ2v) is 6.33. The zero-order valence-electron chi connectivity index (χ0n) is 10.6. The quantitative estimate of drug-likeness (QED) is 0.883. The maximum atomic E-state index is 3.76. The molecule has 0 spiro atoms. The fourth-order valence-electron chi connectivity index (χ4n) is 3.43. The molecule has 2 aliphatic heterocycles. The molecule has 2 aliphatic rings. The van der Waals surface area contributed by atoms with Gasteiger partial charge in [0.1, 0.15) is 0 Å². The largest absolute Gasteiger partial charge is 0.314 e. The van der Waals surface area contributed by atoms with E-state index < -0.39 is 0 Å². The zero-order valence-corrected chi connectivity index (χ0v) is 11.4. The third kappa shape index (κ3) is 2.56. The lowest BCUT2D eigenvalue weighted by atomic mass is 9.98. The highest BCUT2D eigenvalue weighted by atomic mass is 32.1. The molecule has 0 saturated carbocycles. The molecule has 1 aromatic rings. The average molecular weight is 250 g/mol. The van der Waals surface area contributed by atoms with E-state index in [0.717, 1.165) is 24.7 Å². The van der Waals surface area contributed by atoms with Crippen molar-refractivity contribution in [3.05, 3.63) is 22.4 Å². The number of fused-ring (bicyclic) bond motifs is 2. The van der Waals surface area contributed by atoms with E-state index in [0.29, 0.717) is 0 Å². The van der Waals surface area contributed by atoms with Gasteiger partial charge >= 0.3 is 0 Å². The number of nitrogens with one attached hydrogen (secondary N) is 1. The topological polar surface area (TPSA) is 15.3 Å². The standard InChI is InChI=1S/C14H22N2S/c1-16-13-2-3-14(16)9-12(8-13)15-6-4-11-5-7-17-10-11/h5,7,10,12-15H,2-4,6,8-9H2,1H3. The van der Waals surface area contributed by atoms with Crippen molar-refractivity contribution in [2.24, 2.45) is 0 Å². The number of nitrogens with zero attached hydrogens (tertiary/aromatic N) is 1. The molecule has 2 saturated heterocycles. The maximum absolute atomic E-state index is 3.76. The van der Waals surface area contributed by atoms with E-state index in [9.17, 15) is 0 Å². The van der Waals surface area contributed by atoms with Gasteiger partial charge in [-0.25, -0.2) is 0 Å². The summed E-state index contributed by atoms with van der Waals surface area (Å²) in [6.07, 6.45) is 6.74. The first-order valence-electron chi connectivity index (χ1n) is 6.79. The summed E-state index contributed by atoms with van der Waals surface area (Å²) in [5.74, 6) is 0. The molecule has 3 heterocycles. The van der Waals surface area contributed by atoms with Crippen LogP contribution in [0, 0.1) is 0 Å². The molecule has 0 amide bonds. The van der Waals surface area contributed by atoms with Crippen molar-refractivity contribution in [1.82, 2.24) is 10.2 Å². The van der Waals surface area contributed by atoms with Crippen LogP contribution in [0.25, 0.3) is 0 Å². The van der Waals surface area contributed by atoms with E-state index in [1.54, 1.807) is 11.3 Å². The van der Waals surface area contributed by atoms with Crippen LogP contribution >= 0.6 is 11.3 Å². The highest BCUT2D eigenvalue weighted by molar-refractivity contribution is 7.07. The van der Waals surface area contributed by atoms with Gasteiger partial charge in [-0.15, -0.1) is 0 Å². The summed E-state index contributed by atoms with van der Waals surface area (Å²) in [5, 5.41) is 8.19. The lowest BCUT2D eigenvalue weighted by Crippen LogP contribution is -2.47. The molecule has 2 atom stereocenters. The molecule has 2 unspecified atom stereocenters. The fourth-order valence-corrected chi connectivity index (χ4v) is 4.14. The Labute approximate surface area is 108 Å². The summed E-state index contributed by atoms with van der Waals surface area (Å²) >= 11 is 1.80. The van der Waals surface area contributed by atoms with Gasteiger partial charge < -0.3 is 10.2 Å². The number of rotatable bonds is 4. The van der Waals surface area contributed by atoms with Gasteiger partial charge in [0.15, 0.2) is 0 Å². The molecular weight excluding hydrogens is 228 g/mol. The smallest absolute Gasteiger partial charge is 0.0111 e. The van der Waals surface area contributed by atoms with Crippen LogP contribution in [-0.2, 0) is 6.42 Å². The molecule has 2 bridgehead atoms. The monoisotopic (exact) mass is 250 g/mol. The van der Waals surface area contributed by atoms with Crippen molar-refractivity contribution in [1.29, 1.82) is 0 Å². The lowest BCUT2D eigenvalue weighted by molar-refractivity contribution is 0.149. The van der Waals surface area contributed by atoms with Crippen LogP contribution in [0.15, 0.2) is 16.8 Å². The van der Waals surface area contributed by atoms with Crippen molar-refractivity contribution in [3.8, 4) is 0 Å². The first-order valence-corrected chi connectivity index (χ1v) is 7.73. The molecule has 3 heteroatoms. The van der Waals surface area contributed by atoms with E-state index >= 15 is 0 Å². The Morgan fingerprint density at radius 2 is 2.12 bits per heavy atom.